The molecule has 152 valence electrons. The molecule has 1 unspecified atom stereocenters. The predicted octanol–water partition coefficient (Wildman–Crippen LogP) is 3.61. The quantitative estimate of drug-likeness (QED) is 0.612. The maximum Gasteiger partial charge on any atom is 0.169 e. The zero-order chi connectivity index (χ0) is 20.1. The summed E-state index contributed by atoms with van der Waals surface area (Å²) in [6.07, 6.45) is 7.08. The Hall–Kier alpha value is -2.83. The van der Waals surface area contributed by atoms with E-state index in [0.29, 0.717) is 24.0 Å². The van der Waals surface area contributed by atoms with E-state index in [0.717, 1.165) is 30.7 Å². The highest BCUT2D eigenvalue weighted by Gasteiger charge is 2.32. The number of aromatic nitrogens is 2. The molecule has 1 aromatic heterocycles. The second-order valence-corrected chi connectivity index (χ2v) is 7.55. The fourth-order valence-electron chi connectivity index (χ4n) is 3.93. The fraction of sp³-hybridized carbons (Fsp3) is 0.348. The van der Waals surface area contributed by atoms with Gasteiger partial charge < -0.3 is 24.5 Å². The number of imidazole rings is 1. The highest BCUT2D eigenvalue weighted by Crippen LogP contribution is 2.31. The van der Waals surface area contributed by atoms with Crippen molar-refractivity contribution in [3.05, 3.63) is 72.8 Å². The van der Waals surface area contributed by atoms with Crippen LogP contribution in [0.5, 0.6) is 17.2 Å². The average Bonchev–Trinajstić information content (AvgIpc) is 3.37. The topological polar surface area (TPSA) is 68.5 Å². The van der Waals surface area contributed by atoms with Crippen molar-refractivity contribution in [3.8, 4) is 17.2 Å². The van der Waals surface area contributed by atoms with Gasteiger partial charge in [0.05, 0.1) is 19.5 Å². The van der Waals surface area contributed by atoms with Crippen LogP contribution in [0.1, 0.15) is 18.4 Å². The van der Waals surface area contributed by atoms with E-state index in [2.05, 4.69) is 14.9 Å². The summed E-state index contributed by atoms with van der Waals surface area (Å²) in [4.78, 5) is 4.09. The van der Waals surface area contributed by atoms with Crippen LogP contribution in [-0.4, -0.2) is 33.9 Å². The fourth-order valence-corrected chi connectivity index (χ4v) is 3.93. The Morgan fingerprint density at radius 1 is 1.10 bits per heavy atom. The normalized spacial score (nSPS) is 21.2. The van der Waals surface area contributed by atoms with E-state index in [4.69, 9.17) is 9.47 Å². The third kappa shape index (κ3) is 4.96. The molecule has 0 bridgehead atoms. The molecule has 1 saturated carbocycles. The van der Waals surface area contributed by atoms with Crippen LogP contribution in [-0.2, 0) is 13.1 Å². The van der Waals surface area contributed by atoms with Crippen molar-refractivity contribution in [2.75, 3.05) is 7.11 Å². The molecule has 3 atom stereocenters. The second-order valence-electron chi connectivity index (χ2n) is 7.55. The van der Waals surface area contributed by atoms with Crippen molar-refractivity contribution in [2.24, 2.45) is 5.92 Å². The molecule has 2 aromatic carbocycles. The van der Waals surface area contributed by atoms with Crippen LogP contribution in [0.25, 0.3) is 0 Å². The molecule has 1 aliphatic rings. The van der Waals surface area contributed by atoms with E-state index < -0.39 is 0 Å². The highest BCUT2D eigenvalue weighted by atomic mass is 16.5. The molecular weight excluding hydrogens is 366 g/mol. The zero-order valence-electron chi connectivity index (χ0n) is 16.6. The minimum Gasteiger partial charge on any atom is -0.493 e. The van der Waals surface area contributed by atoms with Crippen LogP contribution >= 0.6 is 0 Å². The molecule has 0 radical (unpaired) electrons. The molecule has 6 nitrogen and oxygen atoms in total. The summed E-state index contributed by atoms with van der Waals surface area (Å²) in [6.45, 7) is 1.62. The van der Waals surface area contributed by atoms with Gasteiger partial charge in [0.1, 0.15) is 5.75 Å². The van der Waals surface area contributed by atoms with Gasteiger partial charge in [0.15, 0.2) is 11.5 Å². The molecule has 0 amide bonds. The summed E-state index contributed by atoms with van der Waals surface area (Å²) in [7, 11) is 1.63. The number of aliphatic hydroxyl groups is 1. The number of nitrogens with zero attached hydrogens (tertiary/aromatic N) is 2. The Morgan fingerprint density at radius 3 is 2.62 bits per heavy atom. The first-order valence-corrected chi connectivity index (χ1v) is 9.98. The molecular formula is C23H27N3O3. The summed E-state index contributed by atoms with van der Waals surface area (Å²) >= 11 is 0. The number of para-hydroxylation sites is 2. The predicted molar refractivity (Wildman–Crippen MR) is 111 cm³/mol. The number of ether oxygens (including phenoxy) is 2. The molecule has 0 spiro atoms. The summed E-state index contributed by atoms with van der Waals surface area (Å²) in [5.41, 5.74) is 1.16. The van der Waals surface area contributed by atoms with Gasteiger partial charge in [-0.05, 0) is 48.6 Å². The Kier molecular flexibility index (Phi) is 6.12. The van der Waals surface area contributed by atoms with Gasteiger partial charge in [0, 0.05) is 31.5 Å². The van der Waals surface area contributed by atoms with Gasteiger partial charge in [-0.1, -0.05) is 24.3 Å². The van der Waals surface area contributed by atoms with E-state index in [1.165, 1.54) is 0 Å². The number of rotatable bonds is 8. The first-order chi connectivity index (χ1) is 14.2. The van der Waals surface area contributed by atoms with Crippen molar-refractivity contribution in [2.45, 2.75) is 38.1 Å². The van der Waals surface area contributed by atoms with Gasteiger partial charge in [-0.2, -0.15) is 0 Å². The lowest BCUT2D eigenvalue weighted by Gasteiger charge is -2.17. The van der Waals surface area contributed by atoms with Crippen LogP contribution in [0.4, 0.5) is 0 Å². The van der Waals surface area contributed by atoms with E-state index in [-0.39, 0.29) is 12.1 Å². The van der Waals surface area contributed by atoms with Crippen molar-refractivity contribution in [3.63, 3.8) is 0 Å². The SMILES string of the molecule is COc1ccccc1Oc1ccc(CN[C@@H]2CC(Cn3ccnc3)C[C@H]2O)cc1. The Balaban J connectivity index is 1.29. The third-order valence-corrected chi connectivity index (χ3v) is 5.44. The Morgan fingerprint density at radius 2 is 1.90 bits per heavy atom. The van der Waals surface area contributed by atoms with Gasteiger partial charge in [-0.15, -0.1) is 0 Å². The van der Waals surface area contributed by atoms with Crippen LogP contribution in [0.2, 0.25) is 0 Å². The minimum absolute atomic E-state index is 0.119. The average molecular weight is 393 g/mol. The number of nitrogens with one attached hydrogen (secondary N) is 1. The molecule has 4 rings (SSSR count). The molecule has 2 N–H and O–H groups in total. The van der Waals surface area contributed by atoms with Crippen LogP contribution < -0.4 is 14.8 Å². The minimum atomic E-state index is -0.309. The first kappa shape index (κ1) is 19.5. The van der Waals surface area contributed by atoms with Crippen molar-refractivity contribution < 1.29 is 14.6 Å². The van der Waals surface area contributed by atoms with Crippen molar-refractivity contribution in [1.82, 2.24) is 14.9 Å². The molecule has 3 aromatic rings. The molecule has 1 aliphatic carbocycles. The lowest BCUT2D eigenvalue weighted by Crippen LogP contribution is -2.35. The summed E-state index contributed by atoms with van der Waals surface area (Å²) < 4.78 is 13.3. The van der Waals surface area contributed by atoms with Crippen molar-refractivity contribution >= 4 is 0 Å². The standard InChI is InChI=1S/C23H27N3O3/c1-28-22-4-2-3-5-23(22)29-19-8-6-17(7-9-19)14-25-20-12-18(13-21(20)27)15-26-11-10-24-16-26/h2-11,16,18,20-21,25,27H,12-15H2,1H3/t18?,20-,21-/m1/s1. The number of methoxy groups -OCH3 is 1. The Bertz CT molecular complexity index is 896. The van der Waals surface area contributed by atoms with Crippen LogP contribution in [0.15, 0.2) is 67.3 Å². The lowest BCUT2D eigenvalue weighted by atomic mass is 10.1. The smallest absolute Gasteiger partial charge is 0.169 e. The maximum atomic E-state index is 10.4. The number of hydrogen-bond acceptors (Lipinski definition) is 5. The molecule has 0 aliphatic heterocycles. The molecule has 1 heterocycles. The zero-order valence-corrected chi connectivity index (χ0v) is 16.6. The molecule has 0 saturated heterocycles. The monoisotopic (exact) mass is 393 g/mol. The largest absolute Gasteiger partial charge is 0.493 e. The number of hydrogen-bond donors (Lipinski definition) is 2. The first-order valence-electron chi connectivity index (χ1n) is 9.98. The van der Waals surface area contributed by atoms with Gasteiger partial charge >= 0.3 is 0 Å². The van der Waals surface area contributed by atoms with Gasteiger partial charge in [-0.25, -0.2) is 4.98 Å². The van der Waals surface area contributed by atoms with E-state index in [9.17, 15) is 5.11 Å². The molecule has 29 heavy (non-hydrogen) atoms. The lowest BCUT2D eigenvalue weighted by molar-refractivity contribution is 0.145. The number of benzene rings is 2. The van der Waals surface area contributed by atoms with Crippen LogP contribution in [0.3, 0.4) is 0 Å². The maximum absolute atomic E-state index is 10.4. The Labute approximate surface area is 171 Å². The summed E-state index contributed by atoms with van der Waals surface area (Å²) in [6, 6.07) is 15.7. The van der Waals surface area contributed by atoms with Crippen LogP contribution in [0, 0.1) is 5.92 Å². The number of aliphatic hydroxyl groups excluding tert-OH is 1. The summed E-state index contributed by atoms with van der Waals surface area (Å²) in [5.74, 6) is 2.63. The van der Waals surface area contributed by atoms with E-state index >= 15 is 0 Å². The molecule has 1 fully saturated rings. The van der Waals surface area contributed by atoms with Crippen molar-refractivity contribution in [1.29, 1.82) is 0 Å². The third-order valence-electron chi connectivity index (χ3n) is 5.44. The van der Waals surface area contributed by atoms with Gasteiger partial charge in [-0.3, -0.25) is 0 Å². The van der Waals surface area contributed by atoms with Gasteiger partial charge in [0.25, 0.3) is 0 Å². The molecule has 6 heteroatoms. The second kappa shape index (κ2) is 9.11. The highest BCUT2D eigenvalue weighted by molar-refractivity contribution is 5.43. The van der Waals surface area contributed by atoms with E-state index in [1.807, 2.05) is 61.1 Å². The van der Waals surface area contributed by atoms with E-state index in [1.54, 1.807) is 13.3 Å². The summed E-state index contributed by atoms with van der Waals surface area (Å²) in [5, 5.41) is 13.9. The van der Waals surface area contributed by atoms with Gasteiger partial charge in [0.2, 0.25) is 0 Å².